The average Bonchev–Trinajstić information content (AvgIpc) is 2.84. The molecule has 1 aliphatic rings. The van der Waals surface area contributed by atoms with E-state index < -0.39 is 6.04 Å². The molecule has 0 saturated heterocycles. The van der Waals surface area contributed by atoms with Crippen LogP contribution in [-0.2, 0) is 22.6 Å². The van der Waals surface area contributed by atoms with Crippen LogP contribution in [0.1, 0.15) is 63.0 Å². The number of amides is 2. The molecule has 0 heterocycles. The average molecular weight is 451 g/mol. The van der Waals surface area contributed by atoms with Crippen molar-refractivity contribution >= 4 is 11.8 Å². The fourth-order valence-electron chi connectivity index (χ4n) is 4.29. The molecule has 0 aliphatic heterocycles. The van der Waals surface area contributed by atoms with Crippen molar-refractivity contribution in [3.8, 4) is 0 Å². The van der Waals surface area contributed by atoms with Gasteiger partial charge in [0.05, 0.1) is 0 Å². The fraction of sp³-hybridized carbons (Fsp3) is 0.429. The Hall–Kier alpha value is -2.95. The molecule has 2 aromatic carbocycles. The number of benzene rings is 2. The standard InChI is InChI=1S/C28H35FN2O2/c1-2-9-27(32)31(21-24-14-16-25(29)17-15-24)26(20-23-12-7-4-8-13-23)28(33)30-19-18-22-10-5-3-6-11-22/h4,7-8,10,12-17,26H,2-3,5-6,9,11,18-21H2,1H3,(H,30,33)/t26-/m1/s1. The first kappa shape index (κ1) is 24.7. The molecule has 0 saturated carbocycles. The van der Waals surface area contributed by atoms with E-state index in [-0.39, 0.29) is 24.2 Å². The van der Waals surface area contributed by atoms with E-state index in [1.54, 1.807) is 17.0 Å². The maximum Gasteiger partial charge on any atom is 0.243 e. The molecular weight excluding hydrogens is 415 g/mol. The summed E-state index contributed by atoms with van der Waals surface area (Å²) in [4.78, 5) is 28.2. The van der Waals surface area contributed by atoms with Gasteiger partial charge in [0.15, 0.2) is 0 Å². The van der Waals surface area contributed by atoms with Gasteiger partial charge in [0.1, 0.15) is 11.9 Å². The van der Waals surface area contributed by atoms with Gasteiger partial charge in [-0.2, -0.15) is 0 Å². The smallest absolute Gasteiger partial charge is 0.243 e. The summed E-state index contributed by atoms with van der Waals surface area (Å²) in [7, 11) is 0. The molecular formula is C28H35FN2O2. The molecule has 0 bridgehead atoms. The predicted molar refractivity (Wildman–Crippen MR) is 130 cm³/mol. The minimum Gasteiger partial charge on any atom is -0.354 e. The van der Waals surface area contributed by atoms with Crippen LogP contribution in [0.25, 0.3) is 0 Å². The lowest BCUT2D eigenvalue weighted by molar-refractivity contribution is -0.141. The zero-order chi connectivity index (χ0) is 23.5. The quantitative estimate of drug-likeness (QED) is 0.455. The van der Waals surface area contributed by atoms with Crippen molar-refractivity contribution in [2.75, 3.05) is 6.54 Å². The van der Waals surface area contributed by atoms with Crippen LogP contribution in [0.15, 0.2) is 66.2 Å². The molecule has 2 amide bonds. The third-order valence-electron chi connectivity index (χ3n) is 6.13. The van der Waals surface area contributed by atoms with Gasteiger partial charge >= 0.3 is 0 Å². The van der Waals surface area contributed by atoms with E-state index in [0.29, 0.717) is 25.8 Å². The summed E-state index contributed by atoms with van der Waals surface area (Å²) in [6.07, 6.45) is 9.34. The number of allylic oxidation sites excluding steroid dienone is 1. The van der Waals surface area contributed by atoms with Crippen LogP contribution in [0.4, 0.5) is 4.39 Å². The fourth-order valence-corrected chi connectivity index (χ4v) is 4.29. The molecule has 0 unspecified atom stereocenters. The van der Waals surface area contributed by atoms with Crippen molar-refractivity contribution < 1.29 is 14.0 Å². The number of rotatable bonds is 11. The number of hydrogen-bond acceptors (Lipinski definition) is 2. The molecule has 1 N–H and O–H groups in total. The third-order valence-corrected chi connectivity index (χ3v) is 6.13. The van der Waals surface area contributed by atoms with Crippen molar-refractivity contribution in [3.63, 3.8) is 0 Å². The highest BCUT2D eigenvalue weighted by Crippen LogP contribution is 2.20. The molecule has 5 heteroatoms. The summed E-state index contributed by atoms with van der Waals surface area (Å²) in [6.45, 7) is 2.80. The Morgan fingerprint density at radius 3 is 2.45 bits per heavy atom. The predicted octanol–water partition coefficient (Wildman–Crippen LogP) is 5.57. The maximum atomic E-state index is 13.4. The first-order valence-electron chi connectivity index (χ1n) is 12.1. The topological polar surface area (TPSA) is 49.4 Å². The Balaban J connectivity index is 1.79. The largest absolute Gasteiger partial charge is 0.354 e. The molecule has 3 rings (SSSR count). The summed E-state index contributed by atoms with van der Waals surface area (Å²) < 4.78 is 13.4. The minimum absolute atomic E-state index is 0.0621. The number of halogens is 1. The van der Waals surface area contributed by atoms with Gasteiger partial charge in [-0.3, -0.25) is 9.59 Å². The Bertz CT molecular complexity index is 925. The minimum atomic E-state index is -0.628. The molecule has 4 nitrogen and oxygen atoms in total. The van der Waals surface area contributed by atoms with Crippen molar-refractivity contribution in [3.05, 3.63) is 83.2 Å². The maximum absolute atomic E-state index is 13.4. The van der Waals surface area contributed by atoms with E-state index in [9.17, 15) is 14.0 Å². The van der Waals surface area contributed by atoms with Crippen LogP contribution in [0, 0.1) is 5.82 Å². The van der Waals surface area contributed by atoms with E-state index in [2.05, 4.69) is 11.4 Å². The molecule has 2 aromatic rings. The number of carbonyl (C=O) groups is 2. The highest BCUT2D eigenvalue weighted by molar-refractivity contribution is 5.88. The molecule has 0 spiro atoms. The van der Waals surface area contributed by atoms with Crippen LogP contribution in [0.2, 0.25) is 0 Å². The van der Waals surface area contributed by atoms with Crippen molar-refractivity contribution in [2.24, 2.45) is 0 Å². The second-order valence-electron chi connectivity index (χ2n) is 8.75. The molecule has 0 aromatic heterocycles. The third kappa shape index (κ3) is 7.85. The molecule has 176 valence electrons. The van der Waals surface area contributed by atoms with Gasteiger partial charge in [-0.05, 0) is 61.8 Å². The lowest BCUT2D eigenvalue weighted by Crippen LogP contribution is -2.50. The Morgan fingerprint density at radius 2 is 1.79 bits per heavy atom. The summed E-state index contributed by atoms with van der Waals surface area (Å²) in [6, 6.07) is 15.3. The Morgan fingerprint density at radius 1 is 1.03 bits per heavy atom. The van der Waals surface area contributed by atoms with Crippen molar-refractivity contribution in [1.29, 1.82) is 0 Å². The van der Waals surface area contributed by atoms with Crippen LogP contribution in [0.5, 0.6) is 0 Å². The van der Waals surface area contributed by atoms with E-state index >= 15 is 0 Å². The number of nitrogens with one attached hydrogen (secondary N) is 1. The Kier molecular flexibility index (Phi) is 9.67. The summed E-state index contributed by atoms with van der Waals surface area (Å²) in [5.74, 6) is -0.518. The van der Waals surface area contributed by atoms with Gasteiger partial charge in [-0.25, -0.2) is 4.39 Å². The van der Waals surface area contributed by atoms with Gasteiger partial charge in [-0.1, -0.05) is 61.0 Å². The van der Waals surface area contributed by atoms with Gasteiger partial charge in [-0.15, -0.1) is 0 Å². The van der Waals surface area contributed by atoms with Crippen molar-refractivity contribution in [1.82, 2.24) is 10.2 Å². The lowest BCUT2D eigenvalue weighted by atomic mass is 9.97. The number of carbonyl (C=O) groups excluding carboxylic acids is 2. The molecule has 33 heavy (non-hydrogen) atoms. The summed E-state index contributed by atoms with van der Waals surface area (Å²) >= 11 is 0. The molecule has 0 radical (unpaired) electrons. The van der Waals surface area contributed by atoms with Gasteiger partial charge in [0, 0.05) is 25.9 Å². The second kappa shape index (κ2) is 12.9. The van der Waals surface area contributed by atoms with Gasteiger partial charge in [0.2, 0.25) is 11.8 Å². The van der Waals surface area contributed by atoms with Crippen LogP contribution in [0.3, 0.4) is 0 Å². The normalized spacial score (nSPS) is 14.3. The van der Waals surface area contributed by atoms with Crippen molar-refractivity contribution in [2.45, 2.75) is 70.9 Å². The highest BCUT2D eigenvalue weighted by atomic mass is 19.1. The van der Waals surface area contributed by atoms with E-state index in [4.69, 9.17) is 0 Å². The van der Waals surface area contributed by atoms with Crippen LogP contribution in [-0.4, -0.2) is 29.3 Å². The molecule has 1 atom stereocenters. The highest BCUT2D eigenvalue weighted by Gasteiger charge is 2.29. The number of hydrogen-bond donors (Lipinski definition) is 1. The van der Waals surface area contributed by atoms with Gasteiger partial charge in [0.25, 0.3) is 0 Å². The lowest BCUT2D eigenvalue weighted by Gasteiger charge is -2.31. The summed E-state index contributed by atoms with van der Waals surface area (Å²) in [5.41, 5.74) is 3.21. The summed E-state index contributed by atoms with van der Waals surface area (Å²) in [5, 5.41) is 3.09. The first-order chi connectivity index (χ1) is 16.1. The number of nitrogens with zero attached hydrogens (tertiary/aromatic N) is 1. The SMILES string of the molecule is CCCC(=O)N(Cc1ccc(F)cc1)[C@H](Cc1ccccc1)C(=O)NCCC1=CCCCC1. The van der Waals surface area contributed by atoms with Crippen LogP contribution >= 0.6 is 0 Å². The van der Waals surface area contributed by atoms with E-state index in [0.717, 1.165) is 30.4 Å². The Labute approximate surface area is 196 Å². The first-order valence-corrected chi connectivity index (χ1v) is 12.1. The second-order valence-corrected chi connectivity index (χ2v) is 8.75. The van der Waals surface area contributed by atoms with Gasteiger partial charge < -0.3 is 10.2 Å². The van der Waals surface area contributed by atoms with Crippen LogP contribution < -0.4 is 5.32 Å². The molecule has 1 aliphatic carbocycles. The zero-order valence-corrected chi connectivity index (χ0v) is 19.6. The van der Waals surface area contributed by atoms with E-state index in [1.807, 2.05) is 37.3 Å². The molecule has 0 fully saturated rings. The monoisotopic (exact) mass is 450 g/mol. The zero-order valence-electron chi connectivity index (χ0n) is 19.6. The van der Waals surface area contributed by atoms with E-state index in [1.165, 1.54) is 30.5 Å².